The highest BCUT2D eigenvalue weighted by molar-refractivity contribution is 6.39. The molecule has 4 aromatic rings. The lowest BCUT2D eigenvalue weighted by molar-refractivity contribution is -0.136. The van der Waals surface area contributed by atoms with Gasteiger partial charge in [-0.3, -0.25) is 9.59 Å². The van der Waals surface area contributed by atoms with Gasteiger partial charge in [0.05, 0.1) is 24.6 Å². The summed E-state index contributed by atoms with van der Waals surface area (Å²) in [7, 11) is 1.56. The third kappa shape index (κ3) is 6.73. The summed E-state index contributed by atoms with van der Waals surface area (Å²) in [4.78, 5) is 33.1. The first-order valence-electron chi connectivity index (χ1n) is 14.7. The predicted octanol–water partition coefficient (Wildman–Crippen LogP) is 4.49. The van der Waals surface area contributed by atoms with Crippen molar-refractivity contribution in [2.75, 3.05) is 38.7 Å². The number of methoxy groups -OCH3 is 1. The molecule has 3 atom stereocenters. The topological polar surface area (TPSA) is 124 Å². The van der Waals surface area contributed by atoms with Crippen LogP contribution >= 0.6 is 0 Å². The maximum atomic E-state index is 15.1. The van der Waals surface area contributed by atoms with Gasteiger partial charge in [0.25, 0.3) is 0 Å². The Hall–Kier alpha value is -4.77. The largest absolute Gasteiger partial charge is 0.493 e. The number of carbonyl (C=O) groups is 2. The number of nitrogens with one attached hydrogen (secondary N) is 3. The molecule has 3 aromatic carbocycles. The summed E-state index contributed by atoms with van der Waals surface area (Å²) in [6.45, 7) is 3.07. The molecule has 1 aromatic heterocycles. The van der Waals surface area contributed by atoms with Crippen LogP contribution in [0, 0.1) is 23.6 Å². The molecule has 2 fully saturated rings. The summed E-state index contributed by atoms with van der Waals surface area (Å²) in [5, 5.41) is 8.96. The Labute approximate surface area is 254 Å². The number of carbonyl (C=O) groups excluding carboxylic acids is 2. The summed E-state index contributed by atoms with van der Waals surface area (Å²) in [5.74, 6) is 0.599. The number of anilines is 1. The average molecular weight is 600 g/mol. The molecule has 0 spiro atoms. The van der Waals surface area contributed by atoms with Crippen molar-refractivity contribution in [2.45, 2.75) is 19.3 Å². The van der Waals surface area contributed by atoms with Gasteiger partial charge in [0, 0.05) is 24.4 Å². The molecular weight excluding hydrogens is 565 g/mol. The van der Waals surface area contributed by atoms with Gasteiger partial charge in [-0.15, -0.1) is 0 Å². The van der Waals surface area contributed by atoms with Crippen LogP contribution in [0.5, 0.6) is 23.1 Å². The SMILES string of the molecule is COc1cc2c(Oc3ccc(NC(=O)C(=O)NCCc4ccccc4)cc3F)ncnc2cc1OCC1C[C@H]2CNC[C@H]2C1. The van der Waals surface area contributed by atoms with E-state index in [1.54, 1.807) is 19.2 Å². The molecule has 6 rings (SSSR count). The molecule has 228 valence electrons. The van der Waals surface area contributed by atoms with Gasteiger partial charge in [-0.2, -0.15) is 0 Å². The highest BCUT2D eigenvalue weighted by atomic mass is 19.1. The predicted molar refractivity (Wildman–Crippen MR) is 162 cm³/mol. The molecule has 0 bridgehead atoms. The van der Waals surface area contributed by atoms with E-state index in [1.165, 1.54) is 18.5 Å². The van der Waals surface area contributed by atoms with Gasteiger partial charge >= 0.3 is 11.8 Å². The molecule has 1 saturated heterocycles. The number of aromatic nitrogens is 2. The van der Waals surface area contributed by atoms with Crippen molar-refractivity contribution in [3.05, 3.63) is 78.4 Å². The molecule has 1 saturated carbocycles. The van der Waals surface area contributed by atoms with Gasteiger partial charge in [0.1, 0.15) is 6.33 Å². The maximum Gasteiger partial charge on any atom is 0.313 e. The zero-order chi connectivity index (χ0) is 30.5. The van der Waals surface area contributed by atoms with E-state index in [0.717, 1.165) is 49.4 Å². The third-order valence-corrected chi connectivity index (χ3v) is 8.26. The minimum absolute atomic E-state index is 0.108. The van der Waals surface area contributed by atoms with E-state index < -0.39 is 17.6 Å². The Bertz CT molecular complexity index is 1640. The first-order valence-corrected chi connectivity index (χ1v) is 14.7. The molecule has 2 heterocycles. The Morgan fingerprint density at radius 3 is 2.50 bits per heavy atom. The van der Waals surface area contributed by atoms with Crippen LogP contribution in [0.3, 0.4) is 0 Å². The fraction of sp³-hybridized carbons (Fsp3) is 0.333. The third-order valence-electron chi connectivity index (χ3n) is 8.26. The van der Waals surface area contributed by atoms with Gasteiger partial charge < -0.3 is 30.2 Å². The van der Waals surface area contributed by atoms with E-state index in [-0.39, 0.29) is 17.3 Å². The van der Waals surface area contributed by atoms with Crippen molar-refractivity contribution < 1.29 is 28.2 Å². The van der Waals surface area contributed by atoms with E-state index in [9.17, 15) is 9.59 Å². The number of hydrogen-bond donors (Lipinski definition) is 3. The smallest absolute Gasteiger partial charge is 0.313 e. The van der Waals surface area contributed by atoms with Gasteiger partial charge in [-0.05, 0) is 73.9 Å². The summed E-state index contributed by atoms with van der Waals surface area (Å²) >= 11 is 0. The highest BCUT2D eigenvalue weighted by Crippen LogP contribution is 2.40. The fourth-order valence-electron chi connectivity index (χ4n) is 6.03. The van der Waals surface area contributed by atoms with Gasteiger partial charge in [-0.1, -0.05) is 30.3 Å². The Kier molecular flexibility index (Phi) is 8.83. The number of halogens is 1. The van der Waals surface area contributed by atoms with E-state index >= 15 is 4.39 Å². The first-order chi connectivity index (χ1) is 21.5. The molecule has 2 aliphatic rings. The lowest BCUT2D eigenvalue weighted by atomic mass is 10.0. The minimum Gasteiger partial charge on any atom is -0.493 e. The van der Waals surface area contributed by atoms with E-state index in [4.69, 9.17) is 14.2 Å². The number of nitrogens with zero attached hydrogens (tertiary/aromatic N) is 2. The Balaban J connectivity index is 1.08. The van der Waals surface area contributed by atoms with Crippen LogP contribution in [0.2, 0.25) is 0 Å². The maximum absolute atomic E-state index is 15.1. The standard InChI is InChI=1S/C33H34FN5O5/c1-42-29-14-25-27(15-30(29)43-18-21-11-22-16-35-17-23(22)12-21)37-19-38-33(25)44-28-8-7-24(13-26(28)34)39-32(41)31(40)36-10-9-20-5-3-2-4-6-20/h2-8,13-15,19,21-23,35H,9-12,16-18H2,1H3,(H,36,40)(H,39,41)/t21?,22-,23+. The Morgan fingerprint density at radius 1 is 0.955 bits per heavy atom. The summed E-state index contributed by atoms with van der Waals surface area (Å²) < 4.78 is 32.7. The second kappa shape index (κ2) is 13.3. The summed E-state index contributed by atoms with van der Waals surface area (Å²) in [5.41, 5.74) is 1.70. The van der Waals surface area contributed by atoms with Crippen molar-refractivity contribution in [3.63, 3.8) is 0 Å². The second-order valence-corrected chi connectivity index (χ2v) is 11.2. The van der Waals surface area contributed by atoms with Crippen molar-refractivity contribution >= 4 is 28.4 Å². The molecule has 10 nitrogen and oxygen atoms in total. The zero-order valence-corrected chi connectivity index (χ0v) is 24.3. The quantitative estimate of drug-likeness (QED) is 0.228. The van der Waals surface area contributed by atoms with Crippen LogP contribution in [0.4, 0.5) is 10.1 Å². The normalized spacial score (nSPS) is 18.9. The van der Waals surface area contributed by atoms with Crippen LogP contribution in [0.15, 0.2) is 67.0 Å². The Morgan fingerprint density at radius 2 is 1.75 bits per heavy atom. The molecule has 11 heteroatoms. The second-order valence-electron chi connectivity index (χ2n) is 11.2. The van der Waals surface area contributed by atoms with Crippen LogP contribution < -0.4 is 30.2 Å². The molecule has 44 heavy (non-hydrogen) atoms. The lowest BCUT2D eigenvalue weighted by Gasteiger charge is -2.16. The molecular formula is C33H34FN5O5. The van der Waals surface area contributed by atoms with Gasteiger partial charge in [-0.25, -0.2) is 14.4 Å². The number of rotatable bonds is 10. The number of ether oxygens (including phenoxy) is 3. The van der Waals surface area contributed by atoms with Crippen LogP contribution in [0.25, 0.3) is 10.9 Å². The number of fused-ring (bicyclic) bond motifs is 2. The number of benzene rings is 3. The molecule has 1 aliphatic carbocycles. The van der Waals surface area contributed by atoms with E-state index in [2.05, 4.69) is 25.9 Å². The molecule has 0 radical (unpaired) electrons. The van der Waals surface area contributed by atoms with Crippen LogP contribution in [0.1, 0.15) is 18.4 Å². The molecule has 3 N–H and O–H groups in total. The number of hydrogen-bond acceptors (Lipinski definition) is 8. The minimum atomic E-state index is -0.897. The van der Waals surface area contributed by atoms with Crippen LogP contribution in [-0.2, 0) is 16.0 Å². The molecule has 1 aliphatic heterocycles. The van der Waals surface area contributed by atoms with Gasteiger partial charge in [0.2, 0.25) is 5.88 Å². The average Bonchev–Trinajstić information content (AvgIpc) is 3.64. The fourth-order valence-corrected chi connectivity index (χ4v) is 6.03. The lowest BCUT2D eigenvalue weighted by Crippen LogP contribution is -2.36. The van der Waals surface area contributed by atoms with Crippen molar-refractivity contribution in [1.29, 1.82) is 0 Å². The van der Waals surface area contributed by atoms with Crippen molar-refractivity contribution in [2.24, 2.45) is 17.8 Å². The molecule has 1 unspecified atom stereocenters. The van der Waals surface area contributed by atoms with Crippen molar-refractivity contribution in [1.82, 2.24) is 20.6 Å². The van der Waals surface area contributed by atoms with E-state index in [0.29, 0.717) is 47.9 Å². The van der Waals surface area contributed by atoms with Crippen LogP contribution in [-0.4, -0.2) is 55.1 Å². The molecule has 2 amide bonds. The zero-order valence-electron chi connectivity index (χ0n) is 24.3. The first kappa shape index (κ1) is 29.3. The summed E-state index contributed by atoms with van der Waals surface area (Å²) in [6.07, 6.45) is 4.23. The summed E-state index contributed by atoms with van der Waals surface area (Å²) in [6, 6.07) is 17.0. The number of amides is 2. The monoisotopic (exact) mass is 599 g/mol. The van der Waals surface area contributed by atoms with Gasteiger partial charge in [0.15, 0.2) is 23.1 Å². The highest BCUT2D eigenvalue weighted by Gasteiger charge is 2.37. The van der Waals surface area contributed by atoms with Crippen molar-refractivity contribution in [3.8, 4) is 23.1 Å². The van der Waals surface area contributed by atoms with E-state index in [1.807, 2.05) is 30.3 Å².